The normalized spacial score (nSPS) is 25.0. The van der Waals surface area contributed by atoms with Gasteiger partial charge in [-0.3, -0.25) is 9.59 Å². The molecule has 1 aromatic rings. The summed E-state index contributed by atoms with van der Waals surface area (Å²) in [6, 6.07) is 5.66. The molecule has 0 aromatic heterocycles. The molecule has 0 saturated carbocycles. The zero-order valence-electron chi connectivity index (χ0n) is 13.6. The van der Waals surface area contributed by atoms with Gasteiger partial charge in [-0.05, 0) is 55.9 Å². The Hall–Kier alpha value is -1.95. The molecule has 2 N–H and O–H groups in total. The Labute approximate surface area is 141 Å². The van der Waals surface area contributed by atoms with Crippen LogP contribution in [0.15, 0.2) is 24.3 Å². The van der Waals surface area contributed by atoms with E-state index in [0.29, 0.717) is 37.6 Å². The van der Waals surface area contributed by atoms with Gasteiger partial charge in [0.25, 0.3) is 5.91 Å². The third-order valence-corrected chi connectivity index (χ3v) is 5.13. The SMILES string of the molecule is NC(=O)[C@@H]1CCO[C@@H]1CC1CCN(C(=O)c2ccc(F)cc2)CC1. The van der Waals surface area contributed by atoms with Crippen LogP contribution in [-0.2, 0) is 9.53 Å². The molecular formula is C18H23FN2O3. The van der Waals surface area contributed by atoms with Gasteiger partial charge in [-0.25, -0.2) is 4.39 Å². The summed E-state index contributed by atoms with van der Waals surface area (Å²) in [5, 5.41) is 0. The number of amides is 2. The van der Waals surface area contributed by atoms with E-state index >= 15 is 0 Å². The van der Waals surface area contributed by atoms with Gasteiger partial charge in [-0.15, -0.1) is 0 Å². The second kappa shape index (κ2) is 7.30. The van der Waals surface area contributed by atoms with Crippen LogP contribution in [0.4, 0.5) is 4.39 Å². The summed E-state index contributed by atoms with van der Waals surface area (Å²) >= 11 is 0. The number of benzene rings is 1. The summed E-state index contributed by atoms with van der Waals surface area (Å²) in [5.74, 6) is -0.413. The number of ether oxygens (including phenoxy) is 1. The minimum atomic E-state index is -0.342. The summed E-state index contributed by atoms with van der Waals surface area (Å²) in [7, 11) is 0. The molecular weight excluding hydrogens is 311 g/mol. The van der Waals surface area contributed by atoms with E-state index in [4.69, 9.17) is 10.5 Å². The topological polar surface area (TPSA) is 72.6 Å². The van der Waals surface area contributed by atoms with Crippen molar-refractivity contribution in [1.82, 2.24) is 4.90 Å². The van der Waals surface area contributed by atoms with Crippen molar-refractivity contribution in [3.63, 3.8) is 0 Å². The lowest BCUT2D eigenvalue weighted by Crippen LogP contribution is -2.40. The summed E-state index contributed by atoms with van der Waals surface area (Å²) in [6.45, 7) is 1.95. The summed E-state index contributed by atoms with van der Waals surface area (Å²) in [6.07, 6.45) is 3.23. The van der Waals surface area contributed by atoms with Crippen LogP contribution in [0.3, 0.4) is 0 Å². The first-order chi connectivity index (χ1) is 11.5. The van der Waals surface area contributed by atoms with E-state index in [2.05, 4.69) is 0 Å². The average Bonchev–Trinajstić information content (AvgIpc) is 3.04. The Bertz CT molecular complexity index is 597. The lowest BCUT2D eigenvalue weighted by molar-refractivity contribution is -0.123. The molecule has 2 heterocycles. The fraction of sp³-hybridized carbons (Fsp3) is 0.556. The quantitative estimate of drug-likeness (QED) is 0.915. The van der Waals surface area contributed by atoms with Crippen LogP contribution in [0.2, 0.25) is 0 Å². The fourth-order valence-electron chi connectivity index (χ4n) is 3.68. The second-order valence-corrected chi connectivity index (χ2v) is 6.68. The van der Waals surface area contributed by atoms with Gasteiger partial charge in [0.05, 0.1) is 12.0 Å². The Morgan fingerprint density at radius 1 is 1.17 bits per heavy atom. The number of halogens is 1. The van der Waals surface area contributed by atoms with Crippen LogP contribution in [0.5, 0.6) is 0 Å². The number of carbonyl (C=O) groups excluding carboxylic acids is 2. The Morgan fingerprint density at radius 3 is 2.46 bits per heavy atom. The third-order valence-electron chi connectivity index (χ3n) is 5.13. The van der Waals surface area contributed by atoms with Crippen molar-refractivity contribution >= 4 is 11.8 Å². The smallest absolute Gasteiger partial charge is 0.253 e. The zero-order valence-corrected chi connectivity index (χ0v) is 13.6. The van der Waals surface area contributed by atoms with Gasteiger partial charge in [0.15, 0.2) is 0 Å². The van der Waals surface area contributed by atoms with Gasteiger partial charge < -0.3 is 15.4 Å². The van der Waals surface area contributed by atoms with Crippen LogP contribution in [0.25, 0.3) is 0 Å². The third kappa shape index (κ3) is 3.75. The highest BCUT2D eigenvalue weighted by atomic mass is 19.1. The molecule has 6 heteroatoms. The van der Waals surface area contributed by atoms with Crippen molar-refractivity contribution < 1.29 is 18.7 Å². The van der Waals surface area contributed by atoms with E-state index in [1.165, 1.54) is 24.3 Å². The molecule has 2 aliphatic heterocycles. The number of nitrogens with two attached hydrogens (primary N) is 1. The summed E-state index contributed by atoms with van der Waals surface area (Å²) < 4.78 is 18.6. The molecule has 0 aliphatic carbocycles. The monoisotopic (exact) mass is 334 g/mol. The predicted molar refractivity (Wildman–Crippen MR) is 86.7 cm³/mol. The number of primary amides is 1. The molecule has 0 spiro atoms. The maximum absolute atomic E-state index is 13.0. The van der Waals surface area contributed by atoms with Gasteiger partial charge in [0, 0.05) is 25.3 Å². The molecule has 130 valence electrons. The number of likely N-dealkylation sites (tertiary alicyclic amines) is 1. The van der Waals surface area contributed by atoms with Crippen LogP contribution >= 0.6 is 0 Å². The van der Waals surface area contributed by atoms with E-state index in [-0.39, 0.29) is 29.7 Å². The molecule has 5 nitrogen and oxygen atoms in total. The molecule has 0 bridgehead atoms. The van der Waals surface area contributed by atoms with Crippen LogP contribution < -0.4 is 5.73 Å². The lowest BCUT2D eigenvalue weighted by Gasteiger charge is -2.33. The molecule has 0 radical (unpaired) electrons. The maximum Gasteiger partial charge on any atom is 0.253 e. The fourth-order valence-corrected chi connectivity index (χ4v) is 3.68. The van der Waals surface area contributed by atoms with Gasteiger partial charge in [0.2, 0.25) is 5.91 Å². The molecule has 1 aromatic carbocycles. The Kier molecular flexibility index (Phi) is 5.14. The zero-order chi connectivity index (χ0) is 17.1. The van der Waals surface area contributed by atoms with Crippen molar-refractivity contribution in [2.75, 3.05) is 19.7 Å². The Morgan fingerprint density at radius 2 is 1.83 bits per heavy atom. The molecule has 24 heavy (non-hydrogen) atoms. The van der Waals surface area contributed by atoms with Crippen molar-refractivity contribution in [3.05, 3.63) is 35.6 Å². The second-order valence-electron chi connectivity index (χ2n) is 6.68. The standard InChI is InChI=1S/C18H23FN2O3/c19-14-3-1-13(2-4-14)18(23)21-8-5-12(6-9-21)11-16-15(17(20)22)7-10-24-16/h1-4,12,15-16H,5-11H2,(H2,20,22)/t15-,16-/m1/s1. The van der Waals surface area contributed by atoms with E-state index in [1.54, 1.807) is 0 Å². The van der Waals surface area contributed by atoms with E-state index in [0.717, 1.165) is 19.3 Å². The van der Waals surface area contributed by atoms with Crippen LogP contribution in [-0.4, -0.2) is 42.5 Å². The highest BCUT2D eigenvalue weighted by Crippen LogP contribution is 2.31. The first-order valence-corrected chi connectivity index (χ1v) is 8.50. The summed E-state index contributed by atoms with van der Waals surface area (Å²) in [4.78, 5) is 25.7. The molecule has 3 rings (SSSR count). The highest BCUT2D eigenvalue weighted by Gasteiger charge is 2.35. The van der Waals surface area contributed by atoms with E-state index in [9.17, 15) is 14.0 Å². The van der Waals surface area contributed by atoms with Crippen molar-refractivity contribution in [2.45, 2.75) is 31.8 Å². The average molecular weight is 334 g/mol. The van der Waals surface area contributed by atoms with Gasteiger partial charge in [0.1, 0.15) is 5.82 Å². The lowest BCUT2D eigenvalue weighted by atomic mass is 9.86. The molecule has 0 unspecified atom stereocenters. The van der Waals surface area contributed by atoms with Gasteiger partial charge >= 0.3 is 0 Å². The van der Waals surface area contributed by atoms with Crippen LogP contribution in [0, 0.1) is 17.7 Å². The molecule has 2 atom stereocenters. The summed E-state index contributed by atoms with van der Waals surface area (Å²) in [5.41, 5.74) is 5.95. The Balaban J connectivity index is 1.51. The molecule has 2 amide bonds. The highest BCUT2D eigenvalue weighted by molar-refractivity contribution is 5.94. The number of hydrogen-bond acceptors (Lipinski definition) is 3. The van der Waals surface area contributed by atoms with Crippen molar-refractivity contribution in [3.8, 4) is 0 Å². The number of rotatable bonds is 4. The van der Waals surface area contributed by atoms with Crippen molar-refractivity contribution in [1.29, 1.82) is 0 Å². The predicted octanol–water partition coefficient (Wildman–Crippen LogP) is 1.96. The van der Waals surface area contributed by atoms with Gasteiger partial charge in [-0.1, -0.05) is 0 Å². The number of hydrogen-bond donors (Lipinski definition) is 1. The number of nitrogens with zero attached hydrogens (tertiary/aromatic N) is 1. The first kappa shape index (κ1) is 16.9. The number of piperidine rings is 1. The maximum atomic E-state index is 13.0. The minimum absolute atomic E-state index is 0.0550. The molecule has 2 aliphatic rings. The molecule has 2 saturated heterocycles. The van der Waals surface area contributed by atoms with Gasteiger partial charge in [-0.2, -0.15) is 0 Å². The number of carbonyl (C=O) groups is 2. The first-order valence-electron chi connectivity index (χ1n) is 8.50. The van der Waals surface area contributed by atoms with E-state index < -0.39 is 0 Å². The van der Waals surface area contributed by atoms with Crippen molar-refractivity contribution in [2.24, 2.45) is 17.6 Å². The largest absolute Gasteiger partial charge is 0.377 e. The van der Waals surface area contributed by atoms with E-state index in [1.807, 2.05) is 4.90 Å². The minimum Gasteiger partial charge on any atom is -0.377 e. The van der Waals surface area contributed by atoms with Crippen LogP contribution in [0.1, 0.15) is 36.0 Å². The molecule has 2 fully saturated rings.